The minimum Gasteiger partial charge on any atom is -0.340 e. The third kappa shape index (κ3) is 4.11. The molecular formula is C24H19N7O3. The molecule has 0 bridgehead atoms. The van der Waals surface area contributed by atoms with Crippen LogP contribution in [0.5, 0.6) is 0 Å². The van der Waals surface area contributed by atoms with Gasteiger partial charge in [0.15, 0.2) is 5.82 Å². The van der Waals surface area contributed by atoms with Gasteiger partial charge in [0.2, 0.25) is 5.91 Å². The first-order valence-electron chi connectivity index (χ1n) is 10.5. The van der Waals surface area contributed by atoms with Crippen molar-refractivity contribution in [3.05, 3.63) is 90.0 Å². The van der Waals surface area contributed by atoms with Gasteiger partial charge in [0.05, 0.1) is 11.1 Å². The van der Waals surface area contributed by atoms with E-state index < -0.39 is 17.7 Å². The van der Waals surface area contributed by atoms with Crippen molar-refractivity contribution < 1.29 is 14.4 Å². The van der Waals surface area contributed by atoms with Crippen LogP contribution < -0.4 is 10.6 Å². The van der Waals surface area contributed by atoms with Crippen LogP contribution in [0.25, 0.3) is 5.82 Å². The van der Waals surface area contributed by atoms with E-state index in [9.17, 15) is 14.4 Å². The summed E-state index contributed by atoms with van der Waals surface area (Å²) in [6.45, 7) is 1.44. The van der Waals surface area contributed by atoms with Gasteiger partial charge in [0.1, 0.15) is 18.2 Å². The Hall–Kier alpha value is -4.86. The lowest BCUT2D eigenvalue weighted by molar-refractivity contribution is -0.116. The maximum Gasteiger partial charge on any atom is 0.262 e. The van der Waals surface area contributed by atoms with E-state index in [0.717, 1.165) is 10.6 Å². The number of aromatic nitrogens is 4. The van der Waals surface area contributed by atoms with Gasteiger partial charge in [-0.15, -0.1) is 0 Å². The predicted octanol–water partition coefficient (Wildman–Crippen LogP) is 2.95. The fourth-order valence-corrected chi connectivity index (χ4v) is 3.65. The van der Waals surface area contributed by atoms with Gasteiger partial charge < -0.3 is 10.6 Å². The van der Waals surface area contributed by atoms with Crippen LogP contribution in [0, 0.1) is 6.92 Å². The molecule has 0 fully saturated rings. The molecular weight excluding hydrogens is 434 g/mol. The Morgan fingerprint density at radius 2 is 1.59 bits per heavy atom. The summed E-state index contributed by atoms with van der Waals surface area (Å²) in [7, 11) is 0. The molecule has 1 aliphatic heterocycles. The molecule has 2 aromatic carbocycles. The van der Waals surface area contributed by atoms with Gasteiger partial charge >= 0.3 is 0 Å². The van der Waals surface area contributed by atoms with E-state index in [1.54, 1.807) is 78.6 Å². The molecule has 0 atom stereocenters. The summed E-state index contributed by atoms with van der Waals surface area (Å²) in [6.07, 6.45) is 3.47. The minimum absolute atomic E-state index is 0.311. The standard InChI is InChI=1S/C24H19N7O3/c1-15-26-20(13-21(27-15)31-12-4-11-25-31)28-16-7-9-17(10-8-16)29-22(32)14-30-23(33)18-5-2-3-6-19(18)24(30)34/h2-13H,14H2,1H3,(H,29,32)(H,26,27,28). The molecule has 10 nitrogen and oxygen atoms in total. The van der Waals surface area contributed by atoms with Gasteiger partial charge in [0.25, 0.3) is 11.8 Å². The van der Waals surface area contributed by atoms with Crippen LogP contribution in [0.15, 0.2) is 73.1 Å². The number of nitrogens with one attached hydrogen (secondary N) is 2. The first-order valence-corrected chi connectivity index (χ1v) is 10.5. The van der Waals surface area contributed by atoms with Crippen molar-refractivity contribution in [2.75, 3.05) is 17.2 Å². The maximum absolute atomic E-state index is 12.5. The van der Waals surface area contributed by atoms with E-state index in [1.807, 2.05) is 6.07 Å². The van der Waals surface area contributed by atoms with E-state index >= 15 is 0 Å². The van der Waals surface area contributed by atoms with Crippen LogP contribution in [-0.2, 0) is 4.79 Å². The summed E-state index contributed by atoms with van der Waals surface area (Å²) in [5.41, 5.74) is 1.91. The normalized spacial score (nSPS) is 12.6. The highest BCUT2D eigenvalue weighted by molar-refractivity contribution is 6.22. The summed E-state index contributed by atoms with van der Waals surface area (Å²) < 4.78 is 1.65. The van der Waals surface area contributed by atoms with Crippen molar-refractivity contribution in [1.29, 1.82) is 0 Å². The third-order valence-corrected chi connectivity index (χ3v) is 5.18. The number of anilines is 3. The molecule has 0 saturated heterocycles. The van der Waals surface area contributed by atoms with Gasteiger partial charge in [-0.05, 0) is 49.4 Å². The van der Waals surface area contributed by atoms with Gasteiger partial charge in [-0.1, -0.05) is 12.1 Å². The summed E-state index contributed by atoms with van der Waals surface area (Å²) >= 11 is 0. The molecule has 10 heteroatoms. The monoisotopic (exact) mass is 453 g/mol. The summed E-state index contributed by atoms with van der Waals surface area (Å²) in [4.78, 5) is 47.1. The SMILES string of the molecule is Cc1nc(Nc2ccc(NC(=O)CN3C(=O)c4ccccc4C3=O)cc2)cc(-n2cccn2)n1. The number of carbonyl (C=O) groups is 3. The zero-order chi connectivity index (χ0) is 23.7. The molecule has 3 amide bonds. The summed E-state index contributed by atoms with van der Waals surface area (Å²) in [5.74, 6) is 0.422. The first kappa shape index (κ1) is 21.0. The highest BCUT2D eigenvalue weighted by atomic mass is 16.2. The molecule has 5 rings (SSSR count). The summed E-state index contributed by atoms with van der Waals surface area (Å²) in [6, 6.07) is 17.1. The Kier molecular flexibility index (Phi) is 5.30. The lowest BCUT2D eigenvalue weighted by Gasteiger charge is -2.14. The largest absolute Gasteiger partial charge is 0.340 e. The van der Waals surface area contributed by atoms with Gasteiger partial charge in [-0.3, -0.25) is 19.3 Å². The van der Waals surface area contributed by atoms with Crippen molar-refractivity contribution in [2.24, 2.45) is 0 Å². The molecule has 0 aliphatic carbocycles. The minimum atomic E-state index is -0.468. The van der Waals surface area contributed by atoms with Gasteiger partial charge in [0, 0.05) is 29.8 Å². The number of fused-ring (bicyclic) bond motifs is 1. The zero-order valence-electron chi connectivity index (χ0n) is 18.1. The van der Waals surface area contributed by atoms with Crippen LogP contribution in [0.2, 0.25) is 0 Å². The van der Waals surface area contributed by atoms with Crippen molar-refractivity contribution in [2.45, 2.75) is 6.92 Å². The van der Waals surface area contributed by atoms with Crippen LogP contribution in [0.1, 0.15) is 26.5 Å². The van der Waals surface area contributed by atoms with E-state index in [-0.39, 0.29) is 6.54 Å². The smallest absolute Gasteiger partial charge is 0.262 e. The Balaban J connectivity index is 1.23. The Labute approximate surface area is 194 Å². The average molecular weight is 453 g/mol. The average Bonchev–Trinajstić information content (AvgIpc) is 3.45. The highest BCUT2D eigenvalue weighted by Crippen LogP contribution is 2.23. The van der Waals surface area contributed by atoms with Crippen LogP contribution in [0.3, 0.4) is 0 Å². The van der Waals surface area contributed by atoms with Crippen molar-refractivity contribution >= 4 is 34.9 Å². The van der Waals surface area contributed by atoms with Crippen LogP contribution in [-0.4, -0.2) is 48.9 Å². The van der Waals surface area contributed by atoms with E-state index in [2.05, 4.69) is 25.7 Å². The molecule has 0 spiro atoms. The predicted molar refractivity (Wildman–Crippen MR) is 124 cm³/mol. The second kappa shape index (κ2) is 8.58. The van der Waals surface area contributed by atoms with E-state index in [4.69, 9.17) is 0 Å². The van der Waals surface area contributed by atoms with Gasteiger partial charge in [-0.25, -0.2) is 14.6 Å². The molecule has 4 aromatic rings. The van der Waals surface area contributed by atoms with Crippen LogP contribution in [0.4, 0.5) is 17.2 Å². The number of rotatable bonds is 6. The number of imide groups is 1. The van der Waals surface area contributed by atoms with E-state index in [1.165, 1.54) is 0 Å². The quantitative estimate of drug-likeness (QED) is 0.431. The molecule has 34 heavy (non-hydrogen) atoms. The number of amides is 3. The highest BCUT2D eigenvalue weighted by Gasteiger charge is 2.36. The Morgan fingerprint density at radius 1 is 0.912 bits per heavy atom. The maximum atomic E-state index is 12.5. The van der Waals surface area contributed by atoms with Gasteiger partial charge in [-0.2, -0.15) is 5.10 Å². The lowest BCUT2D eigenvalue weighted by Crippen LogP contribution is -2.37. The number of hydrogen-bond acceptors (Lipinski definition) is 7. The molecule has 0 unspecified atom stereocenters. The van der Waals surface area contributed by atoms with Crippen molar-refractivity contribution in [3.8, 4) is 5.82 Å². The number of hydrogen-bond donors (Lipinski definition) is 2. The molecule has 168 valence electrons. The second-order valence-electron chi connectivity index (χ2n) is 7.60. The number of benzene rings is 2. The number of carbonyl (C=O) groups excluding carboxylic acids is 3. The molecule has 2 aromatic heterocycles. The topological polar surface area (TPSA) is 122 Å². The first-order chi connectivity index (χ1) is 16.5. The van der Waals surface area contributed by atoms with Crippen LogP contribution >= 0.6 is 0 Å². The molecule has 0 saturated carbocycles. The number of nitrogens with zero attached hydrogens (tertiary/aromatic N) is 5. The molecule has 3 heterocycles. The fourth-order valence-electron chi connectivity index (χ4n) is 3.65. The number of aryl methyl sites for hydroxylation is 1. The third-order valence-electron chi connectivity index (χ3n) is 5.18. The van der Waals surface area contributed by atoms with E-state index in [0.29, 0.717) is 34.3 Å². The second-order valence-corrected chi connectivity index (χ2v) is 7.60. The molecule has 1 aliphatic rings. The summed E-state index contributed by atoms with van der Waals surface area (Å²) in [5, 5.41) is 10.1. The van der Waals surface area contributed by atoms with Crippen molar-refractivity contribution in [1.82, 2.24) is 24.6 Å². The molecule has 2 N–H and O–H groups in total. The molecule has 0 radical (unpaired) electrons. The lowest BCUT2D eigenvalue weighted by atomic mass is 10.1. The fraction of sp³-hybridized carbons (Fsp3) is 0.0833. The van der Waals surface area contributed by atoms with Crippen molar-refractivity contribution in [3.63, 3.8) is 0 Å². The Bertz CT molecular complexity index is 1360. The zero-order valence-corrected chi connectivity index (χ0v) is 18.1. The Morgan fingerprint density at radius 3 is 2.24 bits per heavy atom.